The van der Waals surface area contributed by atoms with Crippen molar-refractivity contribution in [1.82, 2.24) is 4.31 Å². The second-order valence-electron chi connectivity index (χ2n) is 12.2. The number of nitrogens with one attached hydrogen (secondary N) is 1. The molecule has 244 valence electrons. The van der Waals surface area contributed by atoms with Gasteiger partial charge in [-0.05, 0) is 114 Å². The van der Waals surface area contributed by atoms with Gasteiger partial charge < -0.3 is 19.7 Å². The van der Waals surface area contributed by atoms with E-state index in [1.165, 1.54) is 10.6 Å². The summed E-state index contributed by atoms with van der Waals surface area (Å²) < 4.78 is 13.8. The molecule has 0 saturated heterocycles. The van der Waals surface area contributed by atoms with Crippen molar-refractivity contribution < 1.29 is 14.3 Å². The topological polar surface area (TPSA) is 54.0 Å². The molecule has 3 aromatic carbocycles. The summed E-state index contributed by atoms with van der Waals surface area (Å²) in [6.07, 6.45) is 7.20. The lowest BCUT2D eigenvalue weighted by Crippen LogP contribution is -2.29. The smallest absolute Gasteiger partial charge is 0.251 e. The van der Waals surface area contributed by atoms with Crippen LogP contribution < -0.4 is 15.0 Å². The van der Waals surface area contributed by atoms with E-state index in [2.05, 4.69) is 102 Å². The molecule has 3 aromatic rings. The Morgan fingerprint density at radius 2 is 1.80 bits per heavy atom. The van der Waals surface area contributed by atoms with Gasteiger partial charge in [-0.3, -0.25) is 4.79 Å². The molecule has 2 aliphatic heterocycles. The number of carbonyl (C=O) groups is 1. The normalized spacial score (nSPS) is 16.3. The lowest BCUT2D eigenvalue weighted by molar-refractivity contribution is -0.112. The van der Waals surface area contributed by atoms with E-state index in [0.717, 1.165) is 72.1 Å². The first-order valence-corrected chi connectivity index (χ1v) is 18.3. The van der Waals surface area contributed by atoms with Crippen LogP contribution in [0.2, 0.25) is 0 Å². The van der Waals surface area contributed by atoms with E-state index in [-0.39, 0.29) is 5.91 Å². The molecule has 8 heteroatoms. The van der Waals surface area contributed by atoms with E-state index in [1.807, 2.05) is 36.0 Å². The summed E-state index contributed by atoms with van der Waals surface area (Å²) in [5.41, 5.74) is 6.07. The first-order valence-electron chi connectivity index (χ1n) is 16.4. The molecule has 0 saturated carbocycles. The molecule has 0 fully saturated rings. The Labute approximate surface area is 283 Å². The number of nitrogens with zero attached hydrogens (tertiary/aromatic N) is 2. The highest BCUT2D eigenvalue weighted by Crippen LogP contribution is 2.34. The van der Waals surface area contributed by atoms with Gasteiger partial charge in [0.25, 0.3) is 5.91 Å². The Bertz CT molecular complexity index is 1490. The summed E-state index contributed by atoms with van der Waals surface area (Å²) in [5.74, 6) is 2.21. The summed E-state index contributed by atoms with van der Waals surface area (Å²) in [6.45, 7) is 12.5. The summed E-state index contributed by atoms with van der Waals surface area (Å²) in [5, 5.41) is 5.31. The third-order valence-electron chi connectivity index (χ3n) is 8.03. The van der Waals surface area contributed by atoms with Gasteiger partial charge in [0, 0.05) is 47.6 Å². The Morgan fingerprint density at radius 3 is 2.52 bits per heavy atom. The van der Waals surface area contributed by atoms with E-state index in [1.54, 1.807) is 11.9 Å². The van der Waals surface area contributed by atoms with Crippen molar-refractivity contribution in [2.45, 2.75) is 57.9 Å². The fraction of sp³-hybridized carbons (Fsp3) is 0.395. The van der Waals surface area contributed by atoms with Gasteiger partial charge in [0.1, 0.15) is 12.4 Å². The number of thioether (sulfide) groups is 1. The molecule has 46 heavy (non-hydrogen) atoms. The lowest BCUT2D eigenvalue weighted by Gasteiger charge is -2.27. The van der Waals surface area contributed by atoms with Gasteiger partial charge in [0.15, 0.2) is 0 Å². The molecule has 2 heterocycles. The average molecular weight is 658 g/mol. The van der Waals surface area contributed by atoms with Crippen LogP contribution in [0.3, 0.4) is 0 Å². The monoisotopic (exact) mass is 657 g/mol. The molecule has 0 bridgehead atoms. The fourth-order valence-corrected chi connectivity index (χ4v) is 7.40. The summed E-state index contributed by atoms with van der Waals surface area (Å²) in [7, 11) is 0. The zero-order chi connectivity index (χ0) is 32.3. The molecule has 1 amide bonds. The van der Waals surface area contributed by atoms with Gasteiger partial charge in [-0.25, -0.2) is 4.31 Å². The highest BCUT2D eigenvalue weighted by atomic mass is 32.2. The van der Waals surface area contributed by atoms with Crippen LogP contribution in [0, 0.1) is 5.92 Å². The van der Waals surface area contributed by atoms with Crippen molar-refractivity contribution >= 4 is 47.1 Å². The van der Waals surface area contributed by atoms with Gasteiger partial charge in [-0.1, -0.05) is 51.5 Å². The van der Waals surface area contributed by atoms with E-state index in [9.17, 15) is 4.79 Å². The maximum absolute atomic E-state index is 13.6. The van der Waals surface area contributed by atoms with Gasteiger partial charge in [0.05, 0.1) is 12.5 Å². The third-order valence-corrected chi connectivity index (χ3v) is 10.2. The van der Waals surface area contributed by atoms with E-state index in [4.69, 9.17) is 9.47 Å². The Morgan fingerprint density at radius 1 is 1.02 bits per heavy atom. The Kier molecular flexibility index (Phi) is 12.7. The van der Waals surface area contributed by atoms with Crippen LogP contribution in [0.4, 0.5) is 11.4 Å². The molecular weight excluding hydrogens is 611 g/mol. The van der Waals surface area contributed by atoms with Gasteiger partial charge in [-0.15, -0.1) is 11.8 Å². The zero-order valence-electron chi connectivity index (χ0n) is 27.5. The van der Waals surface area contributed by atoms with Crippen molar-refractivity contribution in [3.63, 3.8) is 0 Å². The van der Waals surface area contributed by atoms with Crippen LogP contribution >= 0.6 is 23.7 Å². The molecule has 1 unspecified atom stereocenters. The summed E-state index contributed by atoms with van der Waals surface area (Å²) >= 11 is 3.57. The van der Waals surface area contributed by atoms with Crippen molar-refractivity contribution in [2.75, 3.05) is 49.0 Å². The van der Waals surface area contributed by atoms with Crippen LogP contribution in [-0.2, 0) is 9.53 Å². The first kappa shape index (κ1) is 34.2. The van der Waals surface area contributed by atoms with E-state index in [0.29, 0.717) is 31.6 Å². The quantitative estimate of drug-likeness (QED) is 0.0993. The molecule has 5 rings (SSSR count). The second kappa shape index (κ2) is 17.1. The van der Waals surface area contributed by atoms with Crippen LogP contribution in [-0.4, -0.2) is 55.0 Å². The zero-order valence-corrected chi connectivity index (χ0v) is 29.2. The van der Waals surface area contributed by atoms with Crippen LogP contribution in [0.25, 0.3) is 17.2 Å². The number of ether oxygens (including phenoxy) is 2. The lowest BCUT2D eigenvalue weighted by atomic mass is 10.00. The number of anilines is 2. The van der Waals surface area contributed by atoms with Gasteiger partial charge in [-0.2, -0.15) is 0 Å². The van der Waals surface area contributed by atoms with Gasteiger partial charge >= 0.3 is 0 Å². The number of hydrogen-bond donors (Lipinski definition) is 1. The fourth-order valence-electron chi connectivity index (χ4n) is 5.44. The number of carbonyl (C=O) groups excluding carboxylic acids is 1. The summed E-state index contributed by atoms with van der Waals surface area (Å²) in [6, 6.07) is 23.4. The largest absolute Gasteiger partial charge is 0.491 e. The van der Waals surface area contributed by atoms with E-state index < -0.39 is 0 Å². The van der Waals surface area contributed by atoms with Crippen LogP contribution in [0.5, 0.6) is 5.75 Å². The van der Waals surface area contributed by atoms with Crippen LogP contribution in [0.15, 0.2) is 88.7 Å². The minimum absolute atomic E-state index is 0.0447. The van der Waals surface area contributed by atoms with Gasteiger partial charge in [0.2, 0.25) is 0 Å². The summed E-state index contributed by atoms with van der Waals surface area (Å²) in [4.78, 5) is 17.2. The Balaban J connectivity index is 1.26. The highest BCUT2D eigenvalue weighted by Gasteiger charge is 2.21. The minimum atomic E-state index is -0.0447. The molecule has 6 nitrogen and oxygen atoms in total. The van der Waals surface area contributed by atoms with Crippen molar-refractivity contribution in [2.24, 2.45) is 5.92 Å². The molecular formula is C38H47N3O3S2. The Hall–Kier alpha value is -3.17. The number of unbranched alkanes of at least 4 members (excludes halogenated alkanes) is 1. The molecule has 2 aliphatic rings. The maximum atomic E-state index is 13.6. The number of amides is 1. The van der Waals surface area contributed by atoms with E-state index >= 15 is 0 Å². The molecule has 0 aliphatic carbocycles. The number of fused-ring (bicyclic) bond motifs is 1. The SMILES string of the molecule is CCCCOCCOc1ccc(-c2ccc3c(c2)C=C(C(=O)Nc2ccc(SCN4SC=CC4C)cc2)CCN3CC(C)C)cc1. The third kappa shape index (κ3) is 9.67. The second-order valence-corrected chi connectivity index (χ2v) is 14.2. The van der Waals surface area contributed by atoms with Crippen molar-refractivity contribution in [1.29, 1.82) is 0 Å². The molecule has 0 aromatic heterocycles. The van der Waals surface area contributed by atoms with Crippen LogP contribution in [0.1, 0.15) is 52.5 Å². The standard InChI is InChI=1S/C38H47N3O3S2/c1-5-6-20-43-21-22-44-35-12-7-30(8-13-35)31-9-16-37-33(24-31)25-32(17-19-40(37)26-28(2)3)38(42)39-34-10-14-36(15-11-34)45-27-41-29(4)18-23-46-41/h7-16,18,23-25,28-29H,5-6,17,19-22,26-27H2,1-4H3,(H,39,42). The molecule has 1 N–H and O–H groups in total. The number of rotatable bonds is 15. The predicted octanol–water partition coefficient (Wildman–Crippen LogP) is 9.35. The van der Waals surface area contributed by atoms with Crippen molar-refractivity contribution in [3.05, 3.63) is 89.4 Å². The predicted molar refractivity (Wildman–Crippen MR) is 197 cm³/mol. The minimum Gasteiger partial charge on any atom is -0.491 e. The average Bonchev–Trinajstić information content (AvgIpc) is 3.38. The maximum Gasteiger partial charge on any atom is 0.251 e. The molecule has 1 atom stereocenters. The first-order chi connectivity index (χ1) is 22.4. The number of benzene rings is 3. The highest BCUT2D eigenvalue weighted by molar-refractivity contribution is 8.03. The number of hydrogen-bond acceptors (Lipinski definition) is 7. The molecule has 0 radical (unpaired) electrons. The van der Waals surface area contributed by atoms with Crippen molar-refractivity contribution in [3.8, 4) is 16.9 Å². The molecule has 0 spiro atoms.